The van der Waals surface area contributed by atoms with E-state index in [4.69, 9.17) is 0 Å². The molecule has 3 nitrogen and oxygen atoms in total. The Morgan fingerprint density at radius 3 is 2.72 bits per heavy atom. The Morgan fingerprint density at radius 1 is 1.16 bits per heavy atom. The Morgan fingerprint density at radius 2 is 1.96 bits per heavy atom. The lowest BCUT2D eigenvalue weighted by atomic mass is 10.0. The minimum atomic E-state index is 0.173. The molecule has 25 heavy (non-hydrogen) atoms. The fraction of sp³-hybridized carbons (Fsp3) is 0.409. The van der Waals surface area contributed by atoms with Gasteiger partial charge in [0.05, 0.1) is 0 Å². The van der Waals surface area contributed by atoms with Crippen LogP contribution in [0.4, 0.5) is 0 Å². The van der Waals surface area contributed by atoms with Gasteiger partial charge in [-0.05, 0) is 43.4 Å². The summed E-state index contributed by atoms with van der Waals surface area (Å²) in [4.78, 5) is 14.7. The molecular formula is C22H28N2O. The molecule has 0 bridgehead atoms. The number of aryl methyl sites for hydroxylation is 3. The van der Waals surface area contributed by atoms with Crippen molar-refractivity contribution in [3.8, 4) is 0 Å². The van der Waals surface area contributed by atoms with E-state index in [1.807, 2.05) is 6.07 Å². The van der Waals surface area contributed by atoms with Crippen LogP contribution < -0.4 is 5.32 Å². The Kier molecular flexibility index (Phi) is 5.87. The fourth-order valence-corrected chi connectivity index (χ4v) is 3.61. The number of nitrogens with zero attached hydrogens (tertiary/aromatic N) is 1. The zero-order valence-corrected chi connectivity index (χ0v) is 15.3. The predicted octanol–water partition coefficient (Wildman–Crippen LogP) is 3.63. The smallest absolute Gasteiger partial charge is 0.220 e. The summed E-state index contributed by atoms with van der Waals surface area (Å²) in [6.07, 6.45) is 2.43. The number of hydrogen-bond acceptors (Lipinski definition) is 2. The molecule has 1 unspecified atom stereocenters. The molecule has 1 amide bonds. The summed E-state index contributed by atoms with van der Waals surface area (Å²) in [6.45, 7) is 7.19. The lowest BCUT2D eigenvalue weighted by Crippen LogP contribution is -2.37. The van der Waals surface area contributed by atoms with E-state index in [1.165, 1.54) is 22.3 Å². The lowest BCUT2D eigenvalue weighted by Gasteiger charge is -2.17. The topological polar surface area (TPSA) is 32.3 Å². The van der Waals surface area contributed by atoms with Gasteiger partial charge in [-0.25, -0.2) is 0 Å². The fourth-order valence-electron chi connectivity index (χ4n) is 3.61. The molecule has 3 heteroatoms. The molecule has 2 aromatic rings. The van der Waals surface area contributed by atoms with Gasteiger partial charge in [0.25, 0.3) is 0 Å². The van der Waals surface area contributed by atoms with Crippen LogP contribution in [0.2, 0.25) is 0 Å². The zero-order chi connectivity index (χ0) is 17.6. The van der Waals surface area contributed by atoms with Gasteiger partial charge < -0.3 is 5.32 Å². The summed E-state index contributed by atoms with van der Waals surface area (Å²) in [5, 5.41) is 3.22. The van der Waals surface area contributed by atoms with Crippen LogP contribution in [-0.4, -0.2) is 29.9 Å². The van der Waals surface area contributed by atoms with Crippen molar-refractivity contribution in [3.05, 3.63) is 70.8 Å². The number of carbonyl (C=O) groups excluding carboxylic acids is 1. The molecular weight excluding hydrogens is 308 g/mol. The van der Waals surface area contributed by atoms with Gasteiger partial charge in [-0.2, -0.15) is 0 Å². The van der Waals surface area contributed by atoms with Crippen molar-refractivity contribution >= 4 is 5.91 Å². The van der Waals surface area contributed by atoms with Crippen LogP contribution in [0.15, 0.2) is 48.5 Å². The first-order chi connectivity index (χ1) is 12.1. The normalized spacial score (nSPS) is 17.6. The number of amides is 1. The molecule has 2 aromatic carbocycles. The van der Waals surface area contributed by atoms with Gasteiger partial charge in [0, 0.05) is 32.1 Å². The molecule has 0 aliphatic carbocycles. The molecule has 0 spiro atoms. The van der Waals surface area contributed by atoms with Gasteiger partial charge in [0.2, 0.25) is 5.91 Å². The van der Waals surface area contributed by atoms with Crippen LogP contribution in [0.1, 0.15) is 35.1 Å². The van der Waals surface area contributed by atoms with Crippen LogP contribution in [0, 0.1) is 13.8 Å². The van der Waals surface area contributed by atoms with E-state index in [1.54, 1.807) is 0 Å². The highest BCUT2D eigenvalue weighted by Gasteiger charge is 2.23. The second-order valence-electron chi connectivity index (χ2n) is 7.20. The molecule has 1 atom stereocenters. The Balaban J connectivity index is 1.43. The van der Waals surface area contributed by atoms with E-state index in [0.717, 1.165) is 32.5 Å². The Hall–Kier alpha value is -2.13. The quantitative estimate of drug-likeness (QED) is 0.874. The van der Waals surface area contributed by atoms with Gasteiger partial charge in [0.1, 0.15) is 0 Å². The minimum Gasteiger partial charge on any atom is -0.352 e. The summed E-state index contributed by atoms with van der Waals surface area (Å²) in [7, 11) is 0. The highest BCUT2D eigenvalue weighted by atomic mass is 16.1. The number of nitrogens with one attached hydrogen (secondary N) is 1. The van der Waals surface area contributed by atoms with Crippen molar-refractivity contribution in [3.63, 3.8) is 0 Å². The maximum Gasteiger partial charge on any atom is 0.220 e. The van der Waals surface area contributed by atoms with Crippen LogP contribution in [0.3, 0.4) is 0 Å². The maximum atomic E-state index is 12.3. The van der Waals surface area contributed by atoms with Gasteiger partial charge in [0.15, 0.2) is 0 Å². The summed E-state index contributed by atoms with van der Waals surface area (Å²) >= 11 is 0. The van der Waals surface area contributed by atoms with Crippen LogP contribution in [-0.2, 0) is 17.8 Å². The minimum absolute atomic E-state index is 0.173. The van der Waals surface area contributed by atoms with Crippen molar-refractivity contribution in [2.45, 2.75) is 45.7 Å². The van der Waals surface area contributed by atoms with E-state index in [0.29, 0.717) is 6.42 Å². The van der Waals surface area contributed by atoms with Crippen molar-refractivity contribution in [1.29, 1.82) is 0 Å². The molecule has 0 saturated carbocycles. The van der Waals surface area contributed by atoms with Gasteiger partial charge in [-0.3, -0.25) is 9.69 Å². The Bertz CT molecular complexity index is 711. The van der Waals surface area contributed by atoms with Crippen molar-refractivity contribution in [1.82, 2.24) is 10.2 Å². The summed E-state index contributed by atoms with van der Waals surface area (Å²) < 4.78 is 0. The lowest BCUT2D eigenvalue weighted by molar-refractivity contribution is -0.121. The van der Waals surface area contributed by atoms with E-state index in [9.17, 15) is 4.79 Å². The SMILES string of the molecule is Cc1ccc(CCC(=O)NC2CCN(Cc3ccccc3)C2)c(C)c1. The first-order valence-corrected chi connectivity index (χ1v) is 9.22. The summed E-state index contributed by atoms with van der Waals surface area (Å²) in [5.41, 5.74) is 5.17. The molecule has 132 valence electrons. The Labute approximate surface area is 151 Å². The maximum absolute atomic E-state index is 12.3. The first-order valence-electron chi connectivity index (χ1n) is 9.22. The monoisotopic (exact) mass is 336 g/mol. The van der Waals surface area contributed by atoms with E-state index in [2.05, 4.69) is 66.5 Å². The second-order valence-corrected chi connectivity index (χ2v) is 7.20. The van der Waals surface area contributed by atoms with Crippen LogP contribution in [0.5, 0.6) is 0 Å². The largest absolute Gasteiger partial charge is 0.352 e. The predicted molar refractivity (Wildman–Crippen MR) is 103 cm³/mol. The second kappa shape index (κ2) is 8.30. The molecule has 3 rings (SSSR count). The number of hydrogen-bond donors (Lipinski definition) is 1. The summed E-state index contributed by atoms with van der Waals surface area (Å²) in [6, 6.07) is 17.3. The van der Waals surface area contributed by atoms with Gasteiger partial charge >= 0.3 is 0 Å². The molecule has 0 radical (unpaired) electrons. The summed E-state index contributed by atoms with van der Waals surface area (Å²) in [5.74, 6) is 0.173. The molecule has 1 aliphatic heterocycles. The molecule has 1 heterocycles. The van der Waals surface area contributed by atoms with Crippen molar-refractivity contribution in [2.75, 3.05) is 13.1 Å². The highest BCUT2D eigenvalue weighted by molar-refractivity contribution is 5.76. The van der Waals surface area contributed by atoms with Crippen molar-refractivity contribution in [2.24, 2.45) is 0 Å². The number of rotatable bonds is 6. The standard InChI is InChI=1S/C22H28N2O/c1-17-8-9-20(18(2)14-17)10-11-22(25)23-21-12-13-24(16-21)15-19-6-4-3-5-7-19/h3-9,14,21H,10-13,15-16H2,1-2H3,(H,23,25). The van der Waals surface area contributed by atoms with Crippen molar-refractivity contribution < 1.29 is 4.79 Å². The highest BCUT2D eigenvalue weighted by Crippen LogP contribution is 2.15. The van der Waals surface area contributed by atoms with Gasteiger partial charge in [-0.1, -0.05) is 54.1 Å². The van der Waals surface area contributed by atoms with E-state index >= 15 is 0 Å². The third-order valence-corrected chi connectivity index (χ3v) is 5.01. The van der Waals surface area contributed by atoms with Crippen LogP contribution in [0.25, 0.3) is 0 Å². The number of benzene rings is 2. The third-order valence-electron chi connectivity index (χ3n) is 5.01. The molecule has 1 N–H and O–H groups in total. The molecule has 0 aromatic heterocycles. The average molecular weight is 336 g/mol. The van der Waals surface area contributed by atoms with E-state index in [-0.39, 0.29) is 11.9 Å². The van der Waals surface area contributed by atoms with Crippen LogP contribution >= 0.6 is 0 Å². The third kappa shape index (κ3) is 5.17. The zero-order valence-electron chi connectivity index (χ0n) is 15.3. The number of likely N-dealkylation sites (tertiary alicyclic amines) is 1. The molecule has 1 saturated heterocycles. The number of carbonyl (C=O) groups is 1. The molecule has 1 aliphatic rings. The average Bonchev–Trinajstić information content (AvgIpc) is 3.02. The first kappa shape index (κ1) is 17.7. The van der Waals surface area contributed by atoms with Gasteiger partial charge in [-0.15, -0.1) is 0 Å². The van der Waals surface area contributed by atoms with E-state index < -0.39 is 0 Å². The molecule has 1 fully saturated rings.